The molecule has 3 amide bonds. The highest BCUT2D eigenvalue weighted by Crippen LogP contribution is 2.30. The Kier molecular flexibility index (Phi) is 6.96. The lowest BCUT2D eigenvalue weighted by Gasteiger charge is -2.29. The van der Waals surface area contributed by atoms with Crippen LogP contribution in [-0.4, -0.2) is 45.2 Å². The van der Waals surface area contributed by atoms with Crippen molar-refractivity contribution in [1.29, 1.82) is 0 Å². The van der Waals surface area contributed by atoms with Gasteiger partial charge >= 0.3 is 0 Å². The quantitative estimate of drug-likeness (QED) is 0.365. The van der Waals surface area contributed by atoms with E-state index >= 15 is 4.39 Å². The number of aromatic nitrogens is 2. The Hall–Kier alpha value is -4.63. The maximum atomic E-state index is 15.5. The van der Waals surface area contributed by atoms with E-state index in [0.717, 1.165) is 11.1 Å². The van der Waals surface area contributed by atoms with Crippen LogP contribution in [0.1, 0.15) is 43.1 Å². The van der Waals surface area contributed by atoms with Crippen molar-refractivity contribution in [3.8, 4) is 0 Å². The number of rotatable bonds is 5. The molecule has 2 aliphatic heterocycles. The molecule has 4 heterocycles. The average Bonchev–Trinajstić information content (AvgIpc) is 3.34. The van der Waals surface area contributed by atoms with Gasteiger partial charge in [-0.2, -0.15) is 0 Å². The molecule has 6 rings (SSSR count). The number of pyridine rings is 2. The van der Waals surface area contributed by atoms with Crippen molar-refractivity contribution in [2.75, 3.05) is 16.8 Å². The second-order valence-electron chi connectivity index (χ2n) is 10.2. The summed E-state index contributed by atoms with van der Waals surface area (Å²) < 4.78 is 15.5. The number of nitrogens with one attached hydrogen (secondary N) is 1. The molecule has 0 bridgehead atoms. The predicted octanol–water partition coefficient (Wildman–Crippen LogP) is 4.99. The number of anilines is 2. The topological polar surface area (TPSA) is 95.5 Å². The van der Waals surface area contributed by atoms with E-state index in [2.05, 4.69) is 15.3 Å². The van der Waals surface area contributed by atoms with E-state index < -0.39 is 29.6 Å². The molecular weight excluding hydrogens is 545 g/mol. The zero-order chi connectivity index (χ0) is 28.7. The van der Waals surface area contributed by atoms with Crippen molar-refractivity contribution in [3.63, 3.8) is 0 Å². The van der Waals surface area contributed by atoms with E-state index in [4.69, 9.17) is 11.6 Å². The lowest BCUT2D eigenvalue weighted by Crippen LogP contribution is -2.46. The van der Waals surface area contributed by atoms with Gasteiger partial charge in [0.05, 0.1) is 16.8 Å². The number of hydrogen-bond acceptors (Lipinski definition) is 5. The van der Waals surface area contributed by atoms with Crippen LogP contribution in [0.2, 0.25) is 5.02 Å². The van der Waals surface area contributed by atoms with Gasteiger partial charge < -0.3 is 10.2 Å². The third-order valence-corrected chi connectivity index (χ3v) is 7.58. The molecule has 206 valence electrons. The molecule has 0 spiro atoms. The lowest BCUT2D eigenvalue weighted by molar-refractivity contribution is -0.120. The maximum Gasteiger partial charge on any atom is 0.262 e. The summed E-state index contributed by atoms with van der Waals surface area (Å²) in [5.74, 6) is -1.47. The second-order valence-corrected chi connectivity index (χ2v) is 10.6. The molecule has 0 aliphatic carbocycles. The molecule has 4 aromatic rings. The fourth-order valence-electron chi connectivity index (χ4n) is 5.32. The zero-order valence-corrected chi connectivity index (χ0v) is 22.9. The molecule has 0 saturated carbocycles. The van der Waals surface area contributed by atoms with Crippen LogP contribution < -0.4 is 10.2 Å². The van der Waals surface area contributed by atoms with E-state index in [-0.39, 0.29) is 24.1 Å². The molecule has 1 unspecified atom stereocenters. The van der Waals surface area contributed by atoms with Gasteiger partial charge in [0.1, 0.15) is 17.7 Å². The predicted molar refractivity (Wildman–Crippen MR) is 152 cm³/mol. The van der Waals surface area contributed by atoms with Crippen LogP contribution in [0.3, 0.4) is 0 Å². The normalized spacial score (nSPS) is 16.2. The molecule has 10 heteroatoms. The van der Waals surface area contributed by atoms with Crippen molar-refractivity contribution in [1.82, 2.24) is 14.9 Å². The van der Waals surface area contributed by atoms with Gasteiger partial charge in [-0.05, 0) is 72.5 Å². The van der Waals surface area contributed by atoms with Gasteiger partial charge in [0.2, 0.25) is 5.91 Å². The minimum absolute atomic E-state index is 0.0649. The molecular formula is C31H25ClFN5O3. The fraction of sp³-hybridized carbons (Fsp3) is 0.194. The Labute approximate surface area is 240 Å². The summed E-state index contributed by atoms with van der Waals surface area (Å²) in [6.45, 7) is 2.29. The summed E-state index contributed by atoms with van der Waals surface area (Å²) in [7, 11) is 0. The Bertz CT molecular complexity index is 1700. The summed E-state index contributed by atoms with van der Waals surface area (Å²) in [6, 6.07) is 15.3. The van der Waals surface area contributed by atoms with Crippen LogP contribution in [-0.2, 0) is 24.2 Å². The van der Waals surface area contributed by atoms with E-state index in [1.54, 1.807) is 48.8 Å². The summed E-state index contributed by atoms with van der Waals surface area (Å²) in [6.07, 6.45) is 4.11. The van der Waals surface area contributed by atoms with Crippen LogP contribution in [0.5, 0.6) is 0 Å². The number of amides is 3. The van der Waals surface area contributed by atoms with Crippen LogP contribution in [0, 0.1) is 12.7 Å². The molecule has 2 aromatic carbocycles. The number of benzene rings is 2. The van der Waals surface area contributed by atoms with Gasteiger partial charge in [0.25, 0.3) is 11.8 Å². The standard InChI is InChI=1S/C31H25ClFN5O3/c1-18-12-20-9-11-37(28(20)35-16-18)30(40)23-7-5-19(13-25(23)33)17-38-27(15-22-4-2-3-10-34-22)29(39)36-26-14-21(32)6-8-24(26)31(38)41/h2-8,10,12-14,16,27H,9,11,15,17H2,1H3,(H,36,39). The SMILES string of the molecule is Cc1cnc2c(c1)CCN2C(=O)c1ccc(CN2C(=O)c3ccc(Cl)cc3NC(=O)C2Cc2ccccn2)cc1F. The maximum absolute atomic E-state index is 15.5. The molecule has 1 atom stereocenters. The summed E-state index contributed by atoms with van der Waals surface area (Å²) >= 11 is 6.13. The average molecular weight is 570 g/mol. The summed E-state index contributed by atoms with van der Waals surface area (Å²) in [5, 5.41) is 3.19. The summed E-state index contributed by atoms with van der Waals surface area (Å²) in [5.41, 5.74) is 3.49. The van der Waals surface area contributed by atoms with Gasteiger partial charge in [-0.25, -0.2) is 9.37 Å². The summed E-state index contributed by atoms with van der Waals surface area (Å²) in [4.78, 5) is 52.1. The van der Waals surface area contributed by atoms with Crippen molar-refractivity contribution < 1.29 is 18.8 Å². The number of aryl methyl sites for hydroxylation is 1. The third-order valence-electron chi connectivity index (χ3n) is 7.34. The highest BCUT2D eigenvalue weighted by molar-refractivity contribution is 6.31. The van der Waals surface area contributed by atoms with Crippen LogP contribution in [0.25, 0.3) is 0 Å². The largest absolute Gasteiger partial charge is 0.323 e. The van der Waals surface area contributed by atoms with Gasteiger partial charge in [-0.1, -0.05) is 29.8 Å². The van der Waals surface area contributed by atoms with E-state index in [1.165, 1.54) is 28.0 Å². The van der Waals surface area contributed by atoms with Crippen LogP contribution in [0.4, 0.5) is 15.9 Å². The molecule has 8 nitrogen and oxygen atoms in total. The smallest absolute Gasteiger partial charge is 0.262 e. The fourth-order valence-corrected chi connectivity index (χ4v) is 5.49. The van der Waals surface area contributed by atoms with Crippen molar-refractivity contribution in [3.05, 3.63) is 117 Å². The van der Waals surface area contributed by atoms with Crippen molar-refractivity contribution >= 4 is 40.8 Å². The number of fused-ring (bicyclic) bond motifs is 2. The second kappa shape index (κ2) is 10.7. The Morgan fingerprint density at radius 3 is 2.73 bits per heavy atom. The number of nitrogens with zero attached hydrogens (tertiary/aromatic N) is 4. The number of carbonyl (C=O) groups is 3. The highest BCUT2D eigenvalue weighted by atomic mass is 35.5. The Morgan fingerprint density at radius 1 is 1.10 bits per heavy atom. The van der Waals surface area contributed by atoms with E-state index in [9.17, 15) is 14.4 Å². The Balaban J connectivity index is 1.31. The minimum atomic E-state index is -0.927. The highest BCUT2D eigenvalue weighted by Gasteiger charge is 2.36. The molecule has 1 N–H and O–H groups in total. The number of carbonyl (C=O) groups excluding carboxylic acids is 3. The van der Waals surface area contributed by atoms with E-state index in [1.807, 2.05) is 13.0 Å². The Morgan fingerprint density at radius 2 is 1.95 bits per heavy atom. The minimum Gasteiger partial charge on any atom is -0.323 e. The lowest BCUT2D eigenvalue weighted by atomic mass is 10.0. The van der Waals surface area contributed by atoms with Crippen LogP contribution in [0.15, 0.2) is 73.1 Å². The van der Waals surface area contributed by atoms with Gasteiger partial charge in [-0.15, -0.1) is 0 Å². The molecule has 0 radical (unpaired) electrons. The molecule has 41 heavy (non-hydrogen) atoms. The third kappa shape index (κ3) is 5.16. The van der Waals surface area contributed by atoms with Crippen LogP contribution >= 0.6 is 11.6 Å². The van der Waals surface area contributed by atoms with Gasteiger partial charge in [0.15, 0.2) is 0 Å². The zero-order valence-electron chi connectivity index (χ0n) is 22.1. The first-order valence-corrected chi connectivity index (χ1v) is 13.5. The number of halogens is 2. The van der Waals surface area contributed by atoms with Gasteiger partial charge in [0, 0.05) is 42.6 Å². The van der Waals surface area contributed by atoms with Crippen molar-refractivity contribution in [2.45, 2.75) is 32.4 Å². The molecule has 2 aliphatic rings. The van der Waals surface area contributed by atoms with E-state index in [0.29, 0.717) is 40.8 Å². The first kappa shape index (κ1) is 26.6. The number of hydrogen-bond donors (Lipinski definition) is 1. The monoisotopic (exact) mass is 569 g/mol. The van der Waals surface area contributed by atoms with Gasteiger partial charge in [-0.3, -0.25) is 24.3 Å². The molecule has 0 saturated heterocycles. The first-order valence-electron chi connectivity index (χ1n) is 13.2. The molecule has 2 aromatic heterocycles. The van der Waals surface area contributed by atoms with Crippen molar-refractivity contribution in [2.24, 2.45) is 0 Å². The first-order chi connectivity index (χ1) is 19.8. The molecule has 0 fully saturated rings.